The van der Waals surface area contributed by atoms with Crippen LogP contribution < -0.4 is 4.90 Å². The van der Waals surface area contributed by atoms with Crippen molar-refractivity contribution in [2.45, 2.75) is 11.8 Å². The fraction of sp³-hybridized carbons (Fsp3) is 0.227. The average Bonchev–Trinajstić information content (AvgIpc) is 2.80. The average molecular weight is 423 g/mol. The minimum atomic E-state index is -3.59. The SMILES string of the molecule is CC(=O)c1ccc(S(=O)(=O)N2CCN(c3ccc(-c4ccccc4)nn3)CC2)cc1. The normalized spacial score (nSPS) is 15.2. The summed E-state index contributed by atoms with van der Waals surface area (Å²) in [5, 5.41) is 8.64. The number of carbonyl (C=O) groups is 1. The van der Waals surface area contributed by atoms with Crippen molar-refractivity contribution >= 4 is 21.6 Å². The van der Waals surface area contributed by atoms with Crippen LogP contribution in [0.5, 0.6) is 0 Å². The van der Waals surface area contributed by atoms with E-state index < -0.39 is 10.0 Å². The van der Waals surface area contributed by atoms with Gasteiger partial charge in [-0.2, -0.15) is 4.31 Å². The molecular weight excluding hydrogens is 400 g/mol. The number of carbonyl (C=O) groups excluding carboxylic acids is 1. The van der Waals surface area contributed by atoms with Crippen molar-refractivity contribution in [2.75, 3.05) is 31.1 Å². The van der Waals surface area contributed by atoms with E-state index in [0.29, 0.717) is 31.7 Å². The topological polar surface area (TPSA) is 83.5 Å². The molecule has 2 aromatic carbocycles. The van der Waals surface area contributed by atoms with Crippen LogP contribution in [-0.4, -0.2) is 54.9 Å². The van der Waals surface area contributed by atoms with Gasteiger partial charge in [0.05, 0.1) is 10.6 Å². The summed E-state index contributed by atoms with van der Waals surface area (Å²) in [6.07, 6.45) is 0. The van der Waals surface area contributed by atoms with Crippen molar-refractivity contribution in [3.63, 3.8) is 0 Å². The van der Waals surface area contributed by atoms with Crippen LogP contribution in [0.1, 0.15) is 17.3 Å². The second-order valence-electron chi connectivity index (χ2n) is 7.11. The van der Waals surface area contributed by atoms with Gasteiger partial charge in [0.25, 0.3) is 0 Å². The lowest BCUT2D eigenvalue weighted by Gasteiger charge is -2.34. The summed E-state index contributed by atoms with van der Waals surface area (Å²) in [6, 6.07) is 19.8. The molecule has 1 aliphatic rings. The molecule has 0 unspecified atom stereocenters. The number of ketones is 1. The van der Waals surface area contributed by atoms with Crippen LogP contribution in [-0.2, 0) is 10.0 Å². The van der Waals surface area contributed by atoms with E-state index >= 15 is 0 Å². The smallest absolute Gasteiger partial charge is 0.243 e. The van der Waals surface area contributed by atoms with Gasteiger partial charge in [0.15, 0.2) is 11.6 Å². The van der Waals surface area contributed by atoms with Crippen LogP contribution in [0.15, 0.2) is 71.6 Å². The molecule has 0 saturated carbocycles. The molecule has 1 fully saturated rings. The molecule has 0 atom stereocenters. The highest BCUT2D eigenvalue weighted by Crippen LogP contribution is 2.22. The third-order valence-electron chi connectivity index (χ3n) is 5.18. The molecule has 4 rings (SSSR count). The molecule has 30 heavy (non-hydrogen) atoms. The zero-order valence-electron chi connectivity index (χ0n) is 16.6. The summed E-state index contributed by atoms with van der Waals surface area (Å²) in [5.41, 5.74) is 2.30. The molecule has 1 saturated heterocycles. The van der Waals surface area contributed by atoms with E-state index in [1.54, 1.807) is 12.1 Å². The number of benzene rings is 2. The molecule has 0 aliphatic carbocycles. The fourth-order valence-corrected chi connectivity index (χ4v) is 4.85. The predicted molar refractivity (Wildman–Crippen MR) is 115 cm³/mol. The standard InChI is InChI=1S/C22H22N4O3S/c1-17(27)18-7-9-20(10-8-18)30(28,29)26-15-13-25(14-16-26)22-12-11-21(23-24-22)19-5-3-2-4-6-19/h2-12H,13-16H2,1H3. The van der Waals surface area contributed by atoms with Crippen LogP contribution in [0.2, 0.25) is 0 Å². The Labute approximate surface area is 176 Å². The van der Waals surface area contributed by atoms with E-state index in [2.05, 4.69) is 10.2 Å². The zero-order chi connectivity index (χ0) is 21.1. The maximum absolute atomic E-state index is 12.9. The Morgan fingerprint density at radius 3 is 2.07 bits per heavy atom. The largest absolute Gasteiger partial charge is 0.352 e. The van der Waals surface area contributed by atoms with Crippen LogP contribution in [0.25, 0.3) is 11.3 Å². The van der Waals surface area contributed by atoms with Crippen molar-refractivity contribution in [3.8, 4) is 11.3 Å². The fourth-order valence-electron chi connectivity index (χ4n) is 3.43. The number of aromatic nitrogens is 2. The summed E-state index contributed by atoms with van der Waals surface area (Å²) in [5.74, 6) is 0.643. The number of rotatable bonds is 5. The number of piperazine rings is 1. The number of nitrogens with zero attached hydrogens (tertiary/aromatic N) is 4. The van der Waals surface area contributed by atoms with Gasteiger partial charge in [-0.1, -0.05) is 42.5 Å². The van der Waals surface area contributed by atoms with Crippen LogP contribution in [0.3, 0.4) is 0 Å². The van der Waals surface area contributed by atoms with Crippen molar-refractivity contribution < 1.29 is 13.2 Å². The number of hydrogen-bond donors (Lipinski definition) is 0. The van der Waals surface area contributed by atoms with Gasteiger partial charge in [-0.05, 0) is 31.2 Å². The maximum Gasteiger partial charge on any atom is 0.243 e. The Kier molecular flexibility index (Phi) is 5.61. The van der Waals surface area contributed by atoms with Crippen LogP contribution in [0, 0.1) is 0 Å². The van der Waals surface area contributed by atoms with Gasteiger partial charge in [-0.25, -0.2) is 8.42 Å². The second kappa shape index (κ2) is 8.33. The molecule has 0 bridgehead atoms. The molecule has 0 spiro atoms. The predicted octanol–water partition coefficient (Wildman–Crippen LogP) is 2.86. The first-order valence-electron chi connectivity index (χ1n) is 9.70. The van der Waals surface area contributed by atoms with E-state index in [1.807, 2.05) is 47.4 Å². The van der Waals surface area contributed by atoms with Crippen molar-refractivity contribution in [3.05, 3.63) is 72.3 Å². The minimum Gasteiger partial charge on any atom is -0.352 e. The van der Waals surface area contributed by atoms with Crippen LogP contribution >= 0.6 is 0 Å². The summed E-state index contributed by atoms with van der Waals surface area (Å²) < 4.78 is 27.3. The molecule has 2 heterocycles. The van der Waals surface area contributed by atoms with Gasteiger partial charge in [0.1, 0.15) is 0 Å². The first-order valence-corrected chi connectivity index (χ1v) is 11.1. The Morgan fingerprint density at radius 1 is 0.833 bits per heavy atom. The molecule has 154 valence electrons. The summed E-state index contributed by atoms with van der Waals surface area (Å²) in [7, 11) is -3.59. The van der Waals surface area contributed by atoms with Gasteiger partial charge in [0.2, 0.25) is 10.0 Å². The first kappa shape index (κ1) is 20.2. The lowest BCUT2D eigenvalue weighted by Crippen LogP contribution is -2.49. The van der Waals surface area contributed by atoms with Crippen molar-refractivity contribution in [1.82, 2.24) is 14.5 Å². The number of sulfonamides is 1. The molecule has 8 heteroatoms. The van der Waals surface area contributed by atoms with E-state index in [4.69, 9.17) is 0 Å². The number of Topliss-reactive ketones (excluding diaryl/α,β-unsaturated/α-hetero) is 1. The molecular formula is C22H22N4O3S. The van der Waals surface area contributed by atoms with E-state index in [0.717, 1.165) is 17.1 Å². The monoisotopic (exact) mass is 422 g/mol. The molecule has 3 aromatic rings. The van der Waals surface area contributed by atoms with E-state index in [1.165, 1.54) is 23.4 Å². The molecule has 1 aromatic heterocycles. The third kappa shape index (κ3) is 4.10. The number of hydrogen-bond acceptors (Lipinski definition) is 6. The highest BCUT2D eigenvalue weighted by atomic mass is 32.2. The highest BCUT2D eigenvalue weighted by molar-refractivity contribution is 7.89. The quantitative estimate of drug-likeness (QED) is 0.588. The van der Waals surface area contributed by atoms with Crippen LogP contribution in [0.4, 0.5) is 5.82 Å². The lowest BCUT2D eigenvalue weighted by molar-refractivity contribution is 0.101. The minimum absolute atomic E-state index is 0.0908. The third-order valence-corrected chi connectivity index (χ3v) is 7.09. The summed E-state index contributed by atoms with van der Waals surface area (Å²) in [4.78, 5) is 13.6. The molecule has 7 nitrogen and oxygen atoms in total. The molecule has 0 radical (unpaired) electrons. The lowest BCUT2D eigenvalue weighted by atomic mass is 10.1. The van der Waals surface area contributed by atoms with Gasteiger partial charge < -0.3 is 4.90 Å². The van der Waals surface area contributed by atoms with Crippen molar-refractivity contribution in [1.29, 1.82) is 0 Å². The Balaban J connectivity index is 1.42. The van der Waals surface area contributed by atoms with E-state index in [9.17, 15) is 13.2 Å². The Hall–Kier alpha value is -3.10. The van der Waals surface area contributed by atoms with Gasteiger partial charge in [-0.15, -0.1) is 10.2 Å². The Morgan fingerprint density at radius 2 is 1.50 bits per heavy atom. The van der Waals surface area contributed by atoms with E-state index in [-0.39, 0.29) is 10.7 Å². The van der Waals surface area contributed by atoms with Gasteiger partial charge in [0, 0.05) is 37.3 Å². The number of anilines is 1. The summed E-state index contributed by atoms with van der Waals surface area (Å²) in [6.45, 7) is 3.24. The van der Waals surface area contributed by atoms with Crippen molar-refractivity contribution in [2.24, 2.45) is 0 Å². The Bertz CT molecular complexity index is 1120. The molecule has 0 amide bonds. The first-order chi connectivity index (χ1) is 14.4. The maximum atomic E-state index is 12.9. The highest BCUT2D eigenvalue weighted by Gasteiger charge is 2.29. The van der Waals surface area contributed by atoms with Gasteiger partial charge in [-0.3, -0.25) is 4.79 Å². The summed E-state index contributed by atoms with van der Waals surface area (Å²) >= 11 is 0. The zero-order valence-corrected chi connectivity index (χ0v) is 17.4. The molecule has 1 aliphatic heterocycles. The molecule has 0 N–H and O–H groups in total. The van der Waals surface area contributed by atoms with Gasteiger partial charge >= 0.3 is 0 Å². The second-order valence-corrected chi connectivity index (χ2v) is 9.05.